The number of aliphatic hydroxyl groups excluding tert-OH is 1. The number of aromatic nitrogens is 2. The zero-order chi connectivity index (χ0) is 14.0. The maximum atomic E-state index is 11.0. The minimum Gasteiger partial charge on any atom is -0.477 e. The summed E-state index contributed by atoms with van der Waals surface area (Å²) in [6, 6.07) is 1.43. The fourth-order valence-electron chi connectivity index (χ4n) is 2.11. The van der Waals surface area contributed by atoms with E-state index in [0.29, 0.717) is 24.7 Å². The van der Waals surface area contributed by atoms with E-state index < -0.39 is 5.97 Å². The number of hydrogen-bond acceptors (Lipinski definition) is 6. The van der Waals surface area contributed by atoms with Crippen LogP contribution in [-0.4, -0.2) is 58.1 Å². The Morgan fingerprint density at radius 1 is 1.53 bits per heavy atom. The number of aryl methyl sites for hydroxylation is 1. The fraction of sp³-hybridized carbons (Fsp3) is 0.583. The van der Waals surface area contributed by atoms with E-state index in [2.05, 4.69) is 9.97 Å². The van der Waals surface area contributed by atoms with Gasteiger partial charge in [0.1, 0.15) is 0 Å². The van der Waals surface area contributed by atoms with Gasteiger partial charge in [-0.1, -0.05) is 0 Å². The van der Waals surface area contributed by atoms with E-state index >= 15 is 0 Å². The summed E-state index contributed by atoms with van der Waals surface area (Å²) in [5.74, 6) is -0.710. The van der Waals surface area contributed by atoms with Gasteiger partial charge in [0, 0.05) is 18.8 Å². The van der Waals surface area contributed by atoms with Crippen molar-refractivity contribution in [3.05, 3.63) is 17.5 Å². The van der Waals surface area contributed by atoms with Crippen LogP contribution in [-0.2, 0) is 4.74 Å². The van der Waals surface area contributed by atoms with Crippen molar-refractivity contribution in [2.24, 2.45) is 0 Å². The highest BCUT2D eigenvalue weighted by Gasteiger charge is 2.27. The number of ether oxygens (including phenoxy) is 1. The third-order valence-electron chi connectivity index (χ3n) is 2.87. The molecule has 0 radical (unpaired) electrons. The third-order valence-corrected chi connectivity index (χ3v) is 2.87. The SMILES string of the molecule is Cc1cc(C(=O)O)nc(N2CC(C)OC(CO)C2)n1. The molecule has 104 valence electrons. The second-order valence-corrected chi connectivity index (χ2v) is 4.66. The molecule has 1 saturated heterocycles. The third kappa shape index (κ3) is 3.18. The second kappa shape index (κ2) is 5.50. The molecular weight excluding hydrogens is 250 g/mol. The lowest BCUT2D eigenvalue weighted by atomic mass is 10.2. The molecule has 19 heavy (non-hydrogen) atoms. The molecule has 0 amide bonds. The highest BCUT2D eigenvalue weighted by atomic mass is 16.5. The van der Waals surface area contributed by atoms with E-state index in [0.717, 1.165) is 0 Å². The highest BCUT2D eigenvalue weighted by Crippen LogP contribution is 2.17. The van der Waals surface area contributed by atoms with Gasteiger partial charge in [-0.25, -0.2) is 14.8 Å². The molecule has 2 unspecified atom stereocenters. The van der Waals surface area contributed by atoms with Crippen molar-refractivity contribution < 1.29 is 19.7 Å². The Morgan fingerprint density at radius 3 is 2.89 bits per heavy atom. The molecule has 7 heteroatoms. The highest BCUT2D eigenvalue weighted by molar-refractivity contribution is 5.85. The number of carboxylic acid groups (broad SMARTS) is 1. The standard InChI is InChI=1S/C12H17N3O4/c1-7-3-10(11(17)18)14-12(13-7)15-4-8(2)19-9(5-15)6-16/h3,8-9,16H,4-6H2,1-2H3,(H,17,18). The van der Waals surface area contributed by atoms with Gasteiger partial charge in [0.2, 0.25) is 5.95 Å². The molecule has 2 N–H and O–H groups in total. The maximum absolute atomic E-state index is 11.0. The van der Waals surface area contributed by atoms with Crippen LogP contribution >= 0.6 is 0 Å². The van der Waals surface area contributed by atoms with Gasteiger partial charge in [0.25, 0.3) is 0 Å². The summed E-state index contributed by atoms with van der Waals surface area (Å²) >= 11 is 0. The predicted octanol–water partition coefficient (Wildman–Crippen LogP) is 0.0692. The lowest BCUT2D eigenvalue weighted by molar-refractivity contribution is -0.0425. The molecule has 0 saturated carbocycles. The largest absolute Gasteiger partial charge is 0.477 e. The molecule has 0 bridgehead atoms. The Morgan fingerprint density at radius 2 is 2.26 bits per heavy atom. The Balaban J connectivity index is 2.27. The second-order valence-electron chi connectivity index (χ2n) is 4.66. The van der Waals surface area contributed by atoms with Crippen LogP contribution in [0.25, 0.3) is 0 Å². The van der Waals surface area contributed by atoms with E-state index in [1.54, 1.807) is 6.92 Å². The zero-order valence-electron chi connectivity index (χ0n) is 10.9. The number of aromatic carboxylic acids is 1. The van der Waals surface area contributed by atoms with Gasteiger partial charge in [-0.2, -0.15) is 0 Å². The molecular formula is C12H17N3O4. The first-order chi connectivity index (χ1) is 8.99. The van der Waals surface area contributed by atoms with E-state index in [4.69, 9.17) is 9.84 Å². The van der Waals surface area contributed by atoms with Crippen LogP contribution in [0.1, 0.15) is 23.1 Å². The minimum atomic E-state index is -1.08. The number of nitrogens with zero attached hydrogens (tertiary/aromatic N) is 3. The summed E-state index contributed by atoms with van der Waals surface area (Å²) in [4.78, 5) is 21.1. The first-order valence-corrected chi connectivity index (χ1v) is 6.10. The van der Waals surface area contributed by atoms with Gasteiger partial charge >= 0.3 is 5.97 Å². The zero-order valence-corrected chi connectivity index (χ0v) is 10.9. The number of carbonyl (C=O) groups is 1. The van der Waals surface area contributed by atoms with Crippen LogP contribution in [0.15, 0.2) is 6.07 Å². The monoisotopic (exact) mass is 267 g/mol. The molecule has 0 spiro atoms. The summed E-state index contributed by atoms with van der Waals surface area (Å²) < 4.78 is 5.53. The van der Waals surface area contributed by atoms with Crippen molar-refractivity contribution in [1.82, 2.24) is 9.97 Å². The summed E-state index contributed by atoms with van der Waals surface area (Å²) in [6.07, 6.45) is -0.371. The van der Waals surface area contributed by atoms with Crippen molar-refractivity contribution in [2.45, 2.75) is 26.1 Å². The average Bonchev–Trinajstić information content (AvgIpc) is 2.37. The van der Waals surface area contributed by atoms with Gasteiger partial charge in [-0.05, 0) is 19.9 Å². The molecule has 2 rings (SSSR count). The molecule has 7 nitrogen and oxygen atoms in total. The number of anilines is 1. The fourth-order valence-corrected chi connectivity index (χ4v) is 2.11. The number of rotatable bonds is 3. The molecule has 1 aromatic rings. The van der Waals surface area contributed by atoms with Crippen LogP contribution in [0.4, 0.5) is 5.95 Å². The number of aliphatic hydroxyl groups is 1. The summed E-state index contributed by atoms with van der Waals surface area (Å²) in [5, 5.41) is 18.2. The summed E-state index contributed by atoms with van der Waals surface area (Å²) in [6.45, 7) is 4.55. The van der Waals surface area contributed by atoms with Gasteiger partial charge in [0.15, 0.2) is 5.69 Å². The van der Waals surface area contributed by atoms with Gasteiger partial charge < -0.3 is 19.8 Å². The topological polar surface area (TPSA) is 95.8 Å². The van der Waals surface area contributed by atoms with Crippen LogP contribution in [0.2, 0.25) is 0 Å². The Hall–Kier alpha value is -1.73. The van der Waals surface area contributed by atoms with E-state index in [1.807, 2.05) is 11.8 Å². The van der Waals surface area contributed by atoms with Crippen molar-refractivity contribution in [1.29, 1.82) is 0 Å². The van der Waals surface area contributed by atoms with Crippen molar-refractivity contribution in [3.63, 3.8) is 0 Å². The van der Waals surface area contributed by atoms with E-state index in [-0.39, 0.29) is 24.5 Å². The van der Waals surface area contributed by atoms with Crippen LogP contribution in [0, 0.1) is 6.92 Å². The van der Waals surface area contributed by atoms with Crippen LogP contribution < -0.4 is 4.90 Å². The van der Waals surface area contributed by atoms with Gasteiger partial charge in [-0.15, -0.1) is 0 Å². The van der Waals surface area contributed by atoms with Crippen molar-refractivity contribution >= 4 is 11.9 Å². The number of carboxylic acids is 1. The first-order valence-electron chi connectivity index (χ1n) is 6.10. The van der Waals surface area contributed by atoms with Crippen LogP contribution in [0.3, 0.4) is 0 Å². The average molecular weight is 267 g/mol. The van der Waals surface area contributed by atoms with Crippen molar-refractivity contribution in [3.8, 4) is 0 Å². The van der Waals surface area contributed by atoms with E-state index in [9.17, 15) is 9.90 Å². The van der Waals surface area contributed by atoms with Crippen molar-refractivity contribution in [2.75, 3.05) is 24.6 Å². The summed E-state index contributed by atoms with van der Waals surface area (Å²) in [7, 11) is 0. The Kier molecular flexibility index (Phi) is 3.96. The number of morpholine rings is 1. The molecule has 1 fully saturated rings. The van der Waals surface area contributed by atoms with E-state index in [1.165, 1.54) is 6.07 Å². The first kappa shape index (κ1) is 13.7. The molecule has 2 heterocycles. The smallest absolute Gasteiger partial charge is 0.354 e. The lowest BCUT2D eigenvalue weighted by Gasteiger charge is -2.36. The molecule has 1 aliphatic heterocycles. The number of hydrogen-bond donors (Lipinski definition) is 2. The lowest BCUT2D eigenvalue weighted by Crippen LogP contribution is -2.48. The molecule has 2 atom stereocenters. The Bertz CT molecular complexity index is 480. The normalized spacial score (nSPS) is 23.4. The Labute approximate surface area is 110 Å². The molecule has 1 aliphatic rings. The van der Waals surface area contributed by atoms with Gasteiger partial charge in [0.05, 0.1) is 18.8 Å². The molecule has 0 aromatic carbocycles. The summed E-state index contributed by atoms with van der Waals surface area (Å²) in [5.41, 5.74) is 0.573. The maximum Gasteiger partial charge on any atom is 0.354 e. The molecule has 0 aliphatic carbocycles. The predicted molar refractivity (Wildman–Crippen MR) is 67.4 cm³/mol. The van der Waals surface area contributed by atoms with Gasteiger partial charge in [-0.3, -0.25) is 0 Å². The minimum absolute atomic E-state index is 0.0257. The van der Waals surface area contributed by atoms with Crippen LogP contribution in [0.5, 0.6) is 0 Å². The quantitative estimate of drug-likeness (QED) is 0.800. The molecule has 1 aromatic heterocycles.